The van der Waals surface area contributed by atoms with Crippen LogP contribution in [0.1, 0.15) is 22.3 Å². The Morgan fingerprint density at radius 2 is 1.95 bits per heavy atom. The first-order valence-electron chi connectivity index (χ1n) is 6.46. The highest BCUT2D eigenvalue weighted by atomic mass is 127. The minimum Gasteiger partial charge on any atom is -0.396 e. The second-order valence-electron chi connectivity index (χ2n) is 4.46. The summed E-state index contributed by atoms with van der Waals surface area (Å²) >= 11 is 2.15. The molecule has 0 aliphatic carbocycles. The van der Waals surface area contributed by atoms with Crippen molar-refractivity contribution >= 4 is 34.2 Å². The Morgan fingerprint density at radius 1 is 1.15 bits per heavy atom. The van der Waals surface area contributed by atoms with Gasteiger partial charge in [-0.25, -0.2) is 0 Å². The topological polar surface area (TPSA) is 49.3 Å². The Hall–Kier alpha value is -1.40. The van der Waals surface area contributed by atoms with E-state index in [2.05, 4.69) is 27.9 Å². The maximum Gasteiger partial charge on any atom is 0.256 e. The van der Waals surface area contributed by atoms with Crippen LogP contribution >= 0.6 is 22.6 Å². The number of aryl methyl sites for hydroxylation is 1. The van der Waals surface area contributed by atoms with Crippen LogP contribution < -0.4 is 5.32 Å². The number of nitrogens with one attached hydrogen (secondary N) is 1. The fourth-order valence-electron chi connectivity index (χ4n) is 1.93. The summed E-state index contributed by atoms with van der Waals surface area (Å²) < 4.78 is 0.930. The Kier molecular flexibility index (Phi) is 5.55. The highest BCUT2D eigenvalue weighted by Gasteiger charge is 2.09. The number of aliphatic hydroxyl groups is 1. The van der Waals surface area contributed by atoms with Gasteiger partial charge in [0.1, 0.15) is 0 Å². The summed E-state index contributed by atoms with van der Waals surface area (Å²) in [5.41, 5.74) is 2.57. The monoisotopic (exact) mass is 381 g/mol. The second kappa shape index (κ2) is 7.40. The fraction of sp³-hybridized carbons (Fsp3) is 0.188. The van der Waals surface area contributed by atoms with Crippen molar-refractivity contribution in [3.63, 3.8) is 0 Å². The molecule has 0 atom stereocenters. The lowest BCUT2D eigenvalue weighted by Gasteiger charge is -2.08. The summed E-state index contributed by atoms with van der Waals surface area (Å²) in [5, 5.41) is 11.8. The molecule has 2 aromatic carbocycles. The third-order valence-corrected chi connectivity index (χ3v) is 3.87. The van der Waals surface area contributed by atoms with Crippen molar-refractivity contribution < 1.29 is 9.90 Å². The molecule has 2 aromatic rings. The van der Waals surface area contributed by atoms with Gasteiger partial charge in [-0.05, 0) is 65.3 Å². The normalized spacial score (nSPS) is 10.3. The van der Waals surface area contributed by atoms with E-state index in [-0.39, 0.29) is 12.5 Å². The zero-order chi connectivity index (χ0) is 14.4. The Morgan fingerprint density at radius 3 is 2.70 bits per heavy atom. The number of hydrogen-bond acceptors (Lipinski definition) is 2. The van der Waals surface area contributed by atoms with Gasteiger partial charge in [0.2, 0.25) is 0 Å². The molecule has 2 rings (SSSR count). The first kappa shape index (κ1) is 15.0. The Labute approximate surface area is 132 Å². The van der Waals surface area contributed by atoms with Gasteiger partial charge in [-0.1, -0.05) is 24.3 Å². The van der Waals surface area contributed by atoms with Gasteiger partial charge in [-0.3, -0.25) is 4.79 Å². The van der Waals surface area contributed by atoms with Crippen LogP contribution in [0, 0.1) is 3.57 Å². The van der Waals surface area contributed by atoms with E-state index in [1.807, 2.05) is 48.5 Å². The van der Waals surface area contributed by atoms with Crippen LogP contribution in [-0.2, 0) is 6.42 Å². The van der Waals surface area contributed by atoms with Gasteiger partial charge in [-0.15, -0.1) is 0 Å². The lowest BCUT2D eigenvalue weighted by atomic mass is 10.1. The molecule has 0 saturated carbocycles. The van der Waals surface area contributed by atoms with Gasteiger partial charge in [0.25, 0.3) is 5.91 Å². The van der Waals surface area contributed by atoms with Gasteiger partial charge in [0.05, 0.1) is 5.56 Å². The van der Waals surface area contributed by atoms with E-state index < -0.39 is 0 Å². The minimum atomic E-state index is -0.102. The van der Waals surface area contributed by atoms with Gasteiger partial charge in [0.15, 0.2) is 0 Å². The standard InChI is InChI=1S/C16H16INO2/c17-15-9-2-1-8-14(15)16(20)18-13-7-3-5-12(11-13)6-4-10-19/h1-3,5,7-9,11,19H,4,6,10H2,(H,18,20). The van der Waals surface area contributed by atoms with Gasteiger partial charge in [-0.2, -0.15) is 0 Å². The number of halogens is 1. The van der Waals surface area contributed by atoms with Crippen molar-refractivity contribution in [2.75, 3.05) is 11.9 Å². The highest BCUT2D eigenvalue weighted by molar-refractivity contribution is 14.1. The molecule has 4 heteroatoms. The average molecular weight is 381 g/mol. The largest absolute Gasteiger partial charge is 0.396 e. The number of carbonyl (C=O) groups excluding carboxylic acids is 1. The average Bonchev–Trinajstić information content (AvgIpc) is 2.46. The van der Waals surface area contributed by atoms with E-state index in [1.54, 1.807) is 0 Å². The number of hydrogen-bond donors (Lipinski definition) is 2. The minimum absolute atomic E-state index is 0.102. The summed E-state index contributed by atoms with van der Waals surface area (Å²) in [6.07, 6.45) is 1.54. The Balaban J connectivity index is 2.10. The molecule has 20 heavy (non-hydrogen) atoms. The summed E-state index contributed by atoms with van der Waals surface area (Å²) in [7, 11) is 0. The molecule has 0 aliphatic heterocycles. The van der Waals surface area contributed by atoms with E-state index in [4.69, 9.17) is 5.11 Å². The van der Waals surface area contributed by atoms with E-state index >= 15 is 0 Å². The molecular weight excluding hydrogens is 365 g/mol. The molecule has 0 heterocycles. The SMILES string of the molecule is O=C(Nc1cccc(CCCO)c1)c1ccccc1I. The van der Waals surface area contributed by atoms with E-state index in [0.29, 0.717) is 5.56 Å². The van der Waals surface area contributed by atoms with E-state index in [0.717, 1.165) is 27.7 Å². The number of aliphatic hydroxyl groups excluding tert-OH is 1. The van der Waals surface area contributed by atoms with Crippen molar-refractivity contribution in [2.24, 2.45) is 0 Å². The van der Waals surface area contributed by atoms with Crippen molar-refractivity contribution in [1.82, 2.24) is 0 Å². The lowest BCUT2D eigenvalue weighted by Crippen LogP contribution is -2.13. The van der Waals surface area contributed by atoms with E-state index in [9.17, 15) is 4.79 Å². The van der Waals surface area contributed by atoms with Crippen LogP contribution in [0.3, 0.4) is 0 Å². The van der Waals surface area contributed by atoms with Crippen molar-refractivity contribution in [2.45, 2.75) is 12.8 Å². The third kappa shape index (κ3) is 4.05. The molecule has 0 aromatic heterocycles. The van der Waals surface area contributed by atoms with Crippen LogP contribution in [-0.4, -0.2) is 17.6 Å². The van der Waals surface area contributed by atoms with Gasteiger partial charge >= 0.3 is 0 Å². The zero-order valence-corrected chi connectivity index (χ0v) is 13.1. The molecule has 0 saturated heterocycles. The smallest absolute Gasteiger partial charge is 0.256 e. The molecule has 0 aliphatic rings. The van der Waals surface area contributed by atoms with Crippen molar-refractivity contribution in [3.8, 4) is 0 Å². The summed E-state index contributed by atoms with van der Waals surface area (Å²) in [5.74, 6) is -0.102. The molecule has 3 nitrogen and oxygen atoms in total. The third-order valence-electron chi connectivity index (χ3n) is 2.93. The van der Waals surface area contributed by atoms with Gasteiger partial charge in [0, 0.05) is 15.9 Å². The lowest BCUT2D eigenvalue weighted by molar-refractivity contribution is 0.102. The van der Waals surface area contributed by atoms with Crippen LogP contribution in [0.5, 0.6) is 0 Å². The molecule has 0 bridgehead atoms. The number of carbonyl (C=O) groups is 1. The van der Waals surface area contributed by atoms with Crippen molar-refractivity contribution in [1.29, 1.82) is 0 Å². The molecule has 0 spiro atoms. The zero-order valence-electron chi connectivity index (χ0n) is 11.0. The highest BCUT2D eigenvalue weighted by Crippen LogP contribution is 2.16. The summed E-state index contributed by atoms with van der Waals surface area (Å²) in [6.45, 7) is 0.179. The predicted octanol–water partition coefficient (Wildman–Crippen LogP) is 3.47. The van der Waals surface area contributed by atoms with E-state index in [1.165, 1.54) is 0 Å². The summed E-state index contributed by atoms with van der Waals surface area (Å²) in [4.78, 5) is 12.2. The molecular formula is C16H16INO2. The number of rotatable bonds is 5. The number of amides is 1. The van der Waals surface area contributed by atoms with Crippen LogP contribution in [0.4, 0.5) is 5.69 Å². The maximum atomic E-state index is 12.2. The first-order chi connectivity index (χ1) is 9.70. The van der Waals surface area contributed by atoms with Crippen molar-refractivity contribution in [3.05, 3.63) is 63.2 Å². The Bertz CT molecular complexity index is 599. The molecule has 0 unspecified atom stereocenters. The molecule has 0 radical (unpaired) electrons. The number of anilines is 1. The van der Waals surface area contributed by atoms with Crippen LogP contribution in [0.2, 0.25) is 0 Å². The number of benzene rings is 2. The predicted molar refractivity (Wildman–Crippen MR) is 89.0 cm³/mol. The molecule has 1 amide bonds. The fourth-order valence-corrected chi connectivity index (χ4v) is 2.56. The van der Waals surface area contributed by atoms with Crippen LogP contribution in [0.25, 0.3) is 0 Å². The maximum absolute atomic E-state index is 12.2. The molecule has 2 N–H and O–H groups in total. The first-order valence-corrected chi connectivity index (χ1v) is 7.54. The molecule has 0 fully saturated rings. The quantitative estimate of drug-likeness (QED) is 0.780. The summed E-state index contributed by atoms with van der Waals surface area (Å²) in [6, 6.07) is 15.2. The van der Waals surface area contributed by atoms with Crippen LogP contribution in [0.15, 0.2) is 48.5 Å². The molecule has 104 valence electrons. The second-order valence-corrected chi connectivity index (χ2v) is 5.62. The van der Waals surface area contributed by atoms with Gasteiger partial charge < -0.3 is 10.4 Å².